The molecule has 0 aliphatic carbocycles. The van der Waals surface area contributed by atoms with Crippen LogP contribution in [0.5, 0.6) is 5.75 Å². The Balaban J connectivity index is 1.83. The van der Waals surface area contributed by atoms with Crippen molar-refractivity contribution in [2.75, 3.05) is 19.7 Å². The van der Waals surface area contributed by atoms with E-state index in [-0.39, 0.29) is 42.7 Å². The summed E-state index contributed by atoms with van der Waals surface area (Å²) in [5.74, 6) is -0.367. The molecule has 8 heteroatoms. The summed E-state index contributed by atoms with van der Waals surface area (Å²) in [4.78, 5) is 22.6. The van der Waals surface area contributed by atoms with E-state index in [1.54, 1.807) is 18.2 Å². The zero-order valence-corrected chi connectivity index (χ0v) is 14.8. The van der Waals surface area contributed by atoms with Crippen LogP contribution in [0.3, 0.4) is 0 Å². The van der Waals surface area contributed by atoms with Crippen molar-refractivity contribution in [3.8, 4) is 5.75 Å². The van der Waals surface area contributed by atoms with E-state index in [1.165, 1.54) is 24.3 Å². The highest BCUT2D eigenvalue weighted by Gasteiger charge is 2.17. The molecule has 0 aliphatic heterocycles. The number of nitro benzene ring substituents is 1. The molecule has 27 heavy (non-hydrogen) atoms. The molecule has 2 rings (SSSR count). The largest absolute Gasteiger partial charge is 0.485 e. The average Bonchev–Trinajstić information content (AvgIpc) is 2.65. The summed E-state index contributed by atoms with van der Waals surface area (Å²) in [5.41, 5.74) is 6.67. The summed E-state index contributed by atoms with van der Waals surface area (Å²) in [6.07, 6.45) is 1.47. The van der Waals surface area contributed by atoms with Gasteiger partial charge in [0.2, 0.25) is 5.91 Å². The highest BCUT2D eigenvalue weighted by atomic mass is 19.1. The third-order valence-electron chi connectivity index (χ3n) is 3.84. The molecule has 0 radical (unpaired) electrons. The first-order valence-corrected chi connectivity index (χ1v) is 8.61. The predicted molar refractivity (Wildman–Crippen MR) is 99.1 cm³/mol. The molecule has 1 amide bonds. The Morgan fingerprint density at radius 1 is 1.19 bits per heavy atom. The van der Waals surface area contributed by atoms with Gasteiger partial charge in [-0.05, 0) is 42.2 Å². The van der Waals surface area contributed by atoms with Crippen LogP contribution in [0.4, 0.5) is 10.1 Å². The maximum Gasteiger partial charge on any atom is 0.311 e. The van der Waals surface area contributed by atoms with Gasteiger partial charge < -0.3 is 15.8 Å². The summed E-state index contributed by atoms with van der Waals surface area (Å²) in [5, 5.41) is 13.9. The predicted octanol–water partition coefficient (Wildman–Crippen LogP) is 2.36. The molecule has 0 atom stereocenters. The maximum atomic E-state index is 12.8. The van der Waals surface area contributed by atoms with Crippen LogP contribution < -0.4 is 15.8 Å². The molecule has 2 aromatic rings. The lowest BCUT2D eigenvalue weighted by Crippen LogP contribution is -2.26. The molecule has 0 spiro atoms. The van der Waals surface area contributed by atoms with Gasteiger partial charge in [0.1, 0.15) is 12.4 Å². The number of nitro groups is 1. The van der Waals surface area contributed by atoms with Gasteiger partial charge in [-0.1, -0.05) is 18.2 Å². The standard InChI is InChI=1S/C19H22FN3O4/c20-16-6-3-14(4-7-16)2-1-10-22-19(24)13-15-5-8-18(27-11-9-21)17(12-15)23(25)26/h3-8,12H,1-2,9-11,13,21H2,(H,22,24). The Bertz CT molecular complexity index is 781. The third-order valence-corrected chi connectivity index (χ3v) is 3.84. The Morgan fingerprint density at radius 3 is 2.56 bits per heavy atom. The van der Waals surface area contributed by atoms with Crippen molar-refractivity contribution < 1.29 is 18.8 Å². The fourth-order valence-corrected chi connectivity index (χ4v) is 2.53. The summed E-state index contributed by atoms with van der Waals surface area (Å²) < 4.78 is 18.1. The maximum absolute atomic E-state index is 12.8. The summed E-state index contributed by atoms with van der Waals surface area (Å²) in [6, 6.07) is 10.7. The third kappa shape index (κ3) is 6.67. The molecular formula is C19H22FN3O4. The molecule has 3 N–H and O–H groups in total. The molecule has 0 unspecified atom stereocenters. The molecule has 0 fully saturated rings. The summed E-state index contributed by atoms with van der Waals surface area (Å²) in [7, 11) is 0. The second kappa shape index (κ2) is 10.2. The molecule has 7 nitrogen and oxygen atoms in total. The van der Waals surface area contributed by atoms with Gasteiger partial charge in [0.15, 0.2) is 5.75 Å². The van der Waals surface area contributed by atoms with Crippen LogP contribution in [0.15, 0.2) is 42.5 Å². The van der Waals surface area contributed by atoms with Gasteiger partial charge in [0, 0.05) is 19.2 Å². The van der Waals surface area contributed by atoms with E-state index in [9.17, 15) is 19.3 Å². The SMILES string of the molecule is NCCOc1ccc(CC(=O)NCCCc2ccc(F)cc2)cc1[N+](=O)[O-]. The lowest BCUT2D eigenvalue weighted by molar-refractivity contribution is -0.385. The quantitative estimate of drug-likeness (QED) is 0.377. The van der Waals surface area contributed by atoms with E-state index in [2.05, 4.69) is 5.32 Å². The van der Waals surface area contributed by atoms with Gasteiger partial charge in [-0.2, -0.15) is 0 Å². The Hall–Kier alpha value is -3.00. The van der Waals surface area contributed by atoms with Crippen molar-refractivity contribution in [1.29, 1.82) is 0 Å². The van der Waals surface area contributed by atoms with Gasteiger partial charge >= 0.3 is 5.69 Å². The van der Waals surface area contributed by atoms with Crippen LogP contribution >= 0.6 is 0 Å². The minimum absolute atomic E-state index is 0.0363. The van der Waals surface area contributed by atoms with Crippen molar-refractivity contribution in [2.45, 2.75) is 19.3 Å². The molecule has 0 bridgehead atoms. The number of carbonyl (C=O) groups excluding carboxylic acids is 1. The Morgan fingerprint density at radius 2 is 1.89 bits per heavy atom. The number of carbonyl (C=O) groups is 1. The molecular weight excluding hydrogens is 353 g/mol. The molecule has 0 heterocycles. The van der Waals surface area contributed by atoms with Crippen molar-refractivity contribution in [2.24, 2.45) is 5.73 Å². The second-order valence-corrected chi connectivity index (χ2v) is 5.95. The molecule has 2 aromatic carbocycles. The lowest BCUT2D eigenvalue weighted by Gasteiger charge is -2.08. The van der Waals surface area contributed by atoms with Crippen LogP contribution in [0.25, 0.3) is 0 Å². The van der Waals surface area contributed by atoms with Crippen molar-refractivity contribution in [3.05, 3.63) is 69.5 Å². The number of benzene rings is 2. The first-order valence-electron chi connectivity index (χ1n) is 8.61. The Labute approximate surface area is 156 Å². The van der Waals surface area contributed by atoms with E-state index in [0.717, 1.165) is 12.0 Å². The molecule has 0 saturated carbocycles. The van der Waals surface area contributed by atoms with Crippen LogP contribution in [-0.2, 0) is 17.6 Å². The highest BCUT2D eigenvalue weighted by Crippen LogP contribution is 2.28. The van der Waals surface area contributed by atoms with E-state index >= 15 is 0 Å². The number of nitrogens with zero attached hydrogens (tertiary/aromatic N) is 1. The van der Waals surface area contributed by atoms with E-state index in [4.69, 9.17) is 10.5 Å². The Kier molecular flexibility index (Phi) is 7.69. The highest BCUT2D eigenvalue weighted by molar-refractivity contribution is 5.78. The number of nitrogens with one attached hydrogen (secondary N) is 1. The zero-order chi connectivity index (χ0) is 19.6. The number of amides is 1. The first kappa shape index (κ1) is 20.3. The average molecular weight is 375 g/mol. The molecule has 0 aliphatic rings. The van der Waals surface area contributed by atoms with E-state index in [0.29, 0.717) is 18.5 Å². The number of aryl methyl sites for hydroxylation is 1. The monoisotopic (exact) mass is 375 g/mol. The van der Waals surface area contributed by atoms with Gasteiger partial charge in [-0.15, -0.1) is 0 Å². The minimum atomic E-state index is -0.546. The van der Waals surface area contributed by atoms with Gasteiger partial charge in [-0.25, -0.2) is 4.39 Å². The number of hydrogen-bond donors (Lipinski definition) is 2. The fraction of sp³-hybridized carbons (Fsp3) is 0.316. The smallest absolute Gasteiger partial charge is 0.311 e. The van der Waals surface area contributed by atoms with E-state index in [1.807, 2.05) is 0 Å². The van der Waals surface area contributed by atoms with Gasteiger partial charge in [0.05, 0.1) is 11.3 Å². The van der Waals surface area contributed by atoms with E-state index < -0.39 is 4.92 Å². The summed E-state index contributed by atoms with van der Waals surface area (Å²) in [6.45, 7) is 0.893. The second-order valence-electron chi connectivity index (χ2n) is 5.95. The van der Waals surface area contributed by atoms with Crippen LogP contribution in [0, 0.1) is 15.9 Å². The molecule has 144 valence electrons. The number of ether oxygens (including phenoxy) is 1. The fourth-order valence-electron chi connectivity index (χ4n) is 2.53. The van der Waals surface area contributed by atoms with Crippen molar-refractivity contribution in [3.63, 3.8) is 0 Å². The van der Waals surface area contributed by atoms with Gasteiger partial charge in [-0.3, -0.25) is 14.9 Å². The lowest BCUT2D eigenvalue weighted by atomic mass is 10.1. The normalized spacial score (nSPS) is 10.4. The topological polar surface area (TPSA) is 107 Å². The number of hydrogen-bond acceptors (Lipinski definition) is 5. The zero-order valence-electron chi connectivity index (χ0n) is 14.8. The summed E-state index contributed by atoms with van der Waals surface area (Å²) >= 11 is 0. The number of rotatable bonds is 10. The minimum Gasteiger partial charge on any atom is -0.485 e. The molecule has 0 aromatic heterocycles. The molecule has 0 saturated heterocycles. The number of nitrogens with two attached hydrogens (primary N) is 1. The van der Waals surface area contributed by atoms with Crippen molar-refractivity contribution >= 4 is 11.6 Å². The van der Waals surface area contributed by atoms with Crippen LogP contribution in [0.1, 0.15) is 17.5 Å². The first-order chi connectivity index (χ1) is 13.0. The van der Waals surface area contributed by atoms with Crippen molar-refractivity contribution in [1.82, 2.24) is 5.32 Å². The number of halogens is 1. The van der Waals surface area contributed by atoms with Crippen LogP contribution in [0.2, 0.25) is 0 Å². The van der Waals surface area contributed by atoms with Gasteiger partial charge in [0.25, 0.3) is 0 Å². The van der Waals surface area contributed by atoms with Crippen LogP contribution in [-0.4, -0.2) is 30.5 Å².